The summed E-state index contributed by atoms with van der Waals surface area (Å²) in [4.78, 5) is 0. The van der Waals surface area contributed by atoms with Gasteiger partial charge in [-0.25, -0.2) is 0 Å². The van der Waals surface area contributed by atoms with Gasteiger partial charge in [0.2, 0.25) is 0 Å². The molecule has 194 valence electrons. The molecule has 0 aliphatic carbocycles. The van der Waals surface area contributed by atoms with Crippen molar-refractivity contribution in [1.29, 1.82) is 0 Å². The average molecular weight is 456 g/mol. The fourth-order valence-electron chi connectivity index (χ4n) is 4.57. The monoisotopic (exact) mass is 455 g/mol. The zero-order chi connectivity index (χ0) is 23.5. The van der Waals surface area contributed by atoms with Crippen molar-refractivity contribution < 1.29 is 10.2 Å². The maximum Gasteiger partial charge on any atom is 0.106 e. The van der Waals surface area contributed by atoms with E-state index in [1.165, 1.54) is 135 Å². The Bertz CT molecular complexity index is 337. The Morgan fingerprint density at radius 3 is 0.875 bits per heavy atom. The van der Waals surface area contributed by atoms with Gasteiger partial charge in [-0.3, -0.25) is 5.32 Å². The molecule has 0 rings (SSSR count). The maximum absolute atomic E-state index is 9.99. The maximum atomic E-state index is 9.99. The first-order valence-electron chi connectivity index (χ1n) is 14.8. The molecule has 3 heteroatoms. The highest BCUT2D eigenvalue weighted by atomic mass is 16.3. The molecule has 3 nitrogen and oxygen atoms in total. The zero-order valence-electron chi connectivity index (χ0n) is 22.2. The third-order valence-corrected chi connectivity index (χ3v) is 6.80. The summed E-state index contributed by atoms with van der Waals surface area (Å²) < 4.78 is 0. The predicted octanol–water partition coefficient (Wildman–Crippen LogP) is 9.01. The van der Waals surface area contributed by atoms with E-state index in [0.29, 0.717) is 0 Å². The number of hydrogen-bond acceptors (Lipinski definition) is 3. The molecule has 0 aromatic carbocycles. The van der Waals surface area contributed by atoms with Gasteiger partial charge in [-0.05, 0) is 25.7 Å². The minimum Gasteiger partial charge on any atom is -0.379 e. The Labute approximate surface area is 202 Å². The lowest BCUT2D eigenvalue weighted by atomic mass is 10.0. The fraction of sp³-hybridized carbons (Fsp3) is 1.00. The first-order valence-corrected chi connectivity index (χ1v) is 14.8. The highest BCUT2D eigenvalue weighted by Gasteiger charge is 2.09. The summed E-state index contributed by atoms with van der Waals surface area (Å²) in [5.41, 5.74) is 0. The number of unbranched alkanes of at least 4 members (excludes halogenated alkanes) is 21. The molecule has 0 saturated heterocycles. The van der Waals surface area contributed by atoms with E-state index >= 15 is 0 Å². The minimum atomic E-state index is -0.554. The molecule has 0 fully saturated rings. The first kappa shape index (κ1) is 31.9. The summed E-state index contributed by atoms with van der Waals surface area (Å²) in [6.45, 7) is 4.48. The van der Waals surface area contributed by atoms with Crippen LogP contribution in [0.2, 0.25) is 0 Å². The van der Waals surface area contributed by atoms with Crippen molar-refractivity contribution in [2.45, 2.75) is 187 Å². The topological polar surface area (TPSA) is 52.5 Å². The van der Waals surface area contributed by atoms with Gasteiger partial charge in [0.15, 0.2) is 0 Å². The van der Waals surface area contributed by atoms with Crippen LogP contribution >= 0.6 is 0 Å². The summed E-state index contributed by atoms with van der Waals surface area (Å²) in [6, 6.07) is 0. The molecular weight excluding hydrogens is 394 g/mol. The molecule has 0 aliphatic rings. The number of rotatable bonds is 27. The van der Waals surface area contributed by atoms with Crippen LogP contribution in [0.3, 0.4) is 0 Å². The van der Waals surface area contributed by atoms with Gasteiger partial charge in [0.1, 0.15) is 12.5 Å². The van der Waals surface area contributed by atoms with Gasteiger partial charge in [-0.2, -0.15) is 0 Å². The van der Waals surface area contributed by atoms with Gasteiger partial charge >= 0.3 is 0 Å². The van der Waals surface area contributed by atoms with Crippen LogP contribution in [0, 0.1) is 0 Å². The van der Waals surface area contributed by atoms with Crippen LogP contribution in [0.5, 0.6) is 0 Å². The van der Waals surface area contributed by atoms with Crippen LogP contribution in [0.4, 0.5) is 0 Å². The van der Waals surface area contributed by atoms with Gasteiger partial charge in [-0.15, -0.1) is 0 Å². The average Bonchev–Trinajstić information content (AvgIpc) is 2.78. The van der Waals surface area contributed by atoms with Crippen LogP contribution in [0.25, 0.3) is 0 Å². The second-order valence-corrected chi connectivity index (χ2v) is 10.2. The van der Waals surface area contributed by atoms with Crippen molar-refractivity contribution in [3.8, 4) is 0 Å². The summed E-state index contributed by atoms with van der Waals surface area (Å²) in [7, 11) is 0. The molecule has 2 atom stereocenters. The van der Waals surface area contributed by atoms with Crippen LogP contribution in [-0.2, 0) is 0 Å². The molecule has 0 radical (unpaired) electrons. The Morgan fingerprint density at radius 2 is 0.594 bits per heavy atom. The molecule has 0 aromatic rings. The van der Waals surface area contributed by atoms with E-state index in [4.69, 9.17) is 0 Å². The Balaban J connectivity index is 3.18. The molecule has 32 heavy (non-hydrogen) atoms. The highest BCUT2D eigenvalue weighted by Crippen LogP contribution is 2.15. The quantitative estimate of drug-likeness (QED) is 0.0855. The number of aliphatic hydroxyl groups is 2. The lowest BCUT2D eigenvalue weighted by Gasteiger charge is -2.18. The Morgan fingerprint density at radius 1 is 0.375 bits per heavy atom. The molecule has 0 aromatic heterocycles. The van der Waals surface area contributed by atoms with E-state index in [1.807, 2.05) is 0 Å². The predicted molar refractivity (Wildman–Crippen MR) is 142 cm³/mol. The minimum absolute atomic E-state index is 0.554. The van der Waals surface area contributed by atoms with Crippen molar-refractivity contribution in [3.05, 3.63) is 0 Å². The van der Waals surface area contributed by atoms with Crippen molar-refractivity contribution in [2.24, 2.45) is 0 Å². The zero-order valence-corrected chi connectivity index (χ0v) is 22.2. The van der Waals surface area contributed by atoms with Crippen LogP contribution < -0.4 is 5.32 Å². The van der Waals surface area contributed by atoms with E-state index in [1.54, 1.807) is 0 Å². The standard InChI is InChI=1S/C29H61NO2/c1-3-5-7-9-10-11-12-13-14-15-16-17-18-19-20-21-22-23-25-27-29(32)30-28(31)26-24-8-6-4-2/h28-32H,3-27H2,1-2H3. The first-order chi connectivity index (χ1) is 15.7. The van der Waals surface area contributed by atoms with E-state index in [0.717, 1.165) is 25.7 Å². The summed E-state index contributed by atoms with van der Waals surface area (Å²) >= 11 is 0. The second kappa shape index (κ2) is 27.1. The highest BCUT2D eigenvalue weighted by molar-refractivity contribution is 4.59. The van der Waals surface area contributed by atoms with Crippen LogP contribution in [-0.4, -0.2) is 22.7 Å². The van der Waals surface area contributed by atoms with Gasteiger partial charge in [-0.1, -0.05) is 149 Å². The fourth-order valence-corrected chi connectivity index (χ4v) is 4.57. The Hall–Kier alpha value is -0.120. The summed E-state index contributed by atoms with van der Waals surface area (Å²) in [6.07, 6.45) is 31.4. The largest absolute Gasteiger partial charge is 0.379 e. The number of nitrogens with one attached hydrogen (secondary N) is 1. The molecule has 0 bridgehead atoms. The molecular formula is C29H61NO2. The summed E-state index contributed by atoms with van der Waals surface area (Å²) in [5.74, 6) is 0. The lowest BCUT2D eigenvalue weighted by Crippen LogP contribution is -2.38. The number of hydrogen-bond donors (Lipinski definition) is 3. The lowest BCUT2D eigenvalue weighted by molar-refractivity contribution is 0.0310. The van der Waals surface area contributed by atoms with Gasteiger partial charge in [0.25, 0.3) is 0 Å². The van der Waals surface area contributed by atoms with E-state index in [-0.39, 0.29) is 0 Å². The summed E-state index contributed by atoms with van der Waals surface area (Å²) in [5, 5.41) is 22.8. The van der Waals surface area contributed by atoms with E-state index in [2.05, 4.69) is 19.2 Å². The van der Waals surface area contributed by atoms with Gasteiger partial charge in [0, 0.05) is 0 Å². The van der Waals surface area contributed by atoms with Crippen LogP contribution in [0.1, 0.15) is 174 Å². The van der Waals surface area contributed by atoms with Crippen LogP contribution in [0.15, 0.2) is 0 Å². The molecule has 3 N–H and O–H groups in total. The molecule has 0 spiro atoms. The smallest absolute Gasteiger partial charge is 0.106 e. The van der Waals surface area contributed by atoms with E-state index < -0.39 is 12.5 Å². The normalized spacial score (nSPS) is 13.5. The SMILES string of the molecule is CCCCCCCCCCCCCCCCCCCCCC(O)NC(O)CCCCCC. The van der Waals surface area contributed by atoms with Crippen molar-refractivity contribution in [3.63, 3.8) is 0 Å². The Kier molecular flexibility index (Phi) is 27.0. The third-order valence-electron chi connectivity index (χ3n) is 6.80. The van der Waals surface area contributed by atoms with E-state index in [9.17, 15) is 10.2 Å². The van der Waals surface area contributed by atoms with Gasteiger partial charge in [0.05, 0.1) is 0 Å². The second-order valence-electron chi connectivity index (χ2n) is 10.2. The van der Waals surface area contributed by atoms with Crippen molar-refractivity contribution in [2.75, 3.05) is 0 Å². The van der Waals surface area contributed by atoms with Crippen molar-refractivity contribution in [1.82, 2.24) is 5.32 Å². The molecule has 0 amide bonds. The molecule has 2 unspecified atom stereocenters. The molecule has 0 aliphatic heterocycles. The molecule has 0 heterocycles. The van der Waals surface area contributed by atoms with Crippen molar-refractivity contribution >= 4 is 0 Å². The van der Waals surface area contributed by atoms with Gasteiger partial charge < -0.3 is 10.2 Å². The molecule has 0 saturated carbocycles. The third kappa shape index (κ3) is 26.1. The number of aliphatic hydroxyl groups excluding tert-OH is 2.